The van der Waals surface area contributed by atoms with Gasteiger partial charge in [0.1, 0.15) is 17.4 Å². The van der Waals surface area contributed by atoms with Crippen LogP contribution in [0, 0.1) is 13.8 Å². The van der Waals surface area contributed by atoms with Gasteiger partial charge in [-0.15, -0.1) is 0 Å². The molecule has 1 unspecified atom stereocenters. The Morgan fingerprint density at radius 2 is 1.37 bits per heavy atom. The summed E-state index contributed by atoms with van der Waals surface area (Å²) < 4.78 is 4.05. The molecule has 208 valence electrons. The SMILES string of the molecule is CC=Cn1c(-c2ccccc2O)nc2c(C)cccc21.Cc1cccc2c1nc(-c1ccccc1Cl)n2CC(C)O. The summed E-state index contributed by atoms with van der Waals surface area (Å²) >= 11 is 6.32. The smallest absolute Gasteiger partial charge is 0.148 e. The van der Waals surface area contributed by atoms with E-state index in [0.717, 1.165) is 56.0 Å². The number of nitrogens with zero attached hydrogens (tertiary/aromatic N) is 4. The van der Waals surface area contributed by atoms with Gasteiger partial charge in [0.2, 0.25) is 0 Å². The van der Waals surface area contributed by atoms with Crippen LogP contribution >= 0.6 is 11.6 Å². The Bertz CT molecular complexity index is 1870. The minimum absolute atomic E-state index is 0.242. The molecule has 0 spiro atoms. The zero-order chi connectivity index (χ0) is 29.1. The Hall–Kier alpha value is -4.39. The highest BCUT2D eigenvalue weighted by molar-refractivity contribution is 6.33. The van der Waals surface area contributed by atoms with Crippen molar-refractivity contribution in [2.75, 3.05) is 0 Å². The molecule has 0 amide bonds. The summed E-state index contributed by atoms with van der Waals surface area (Å²) in [6.07, 6.45) is 3.48. The second-order valence-corrected chi connectivity index (χ2v) is 10.5. The molecule has 0 radical (unpaired) electrons. The molecule has 4 aromatic carbocycles. The number of hydrogen-bond donors (Lipinski definition) is 2. The molecule has 6 aromatic rings. The molecule has 1 atom stereocenters. The number of aryl methyl sites for hydroxylation is 2. The van der Waals surface area contributed by atoms with Crippen molar-refractivity contribution >= 4 is 39.9 Å². The fraction of sp³-hybridized carbons (Fsp3) is 0.176. The standard InChI is InChI=1S/C17H17ClN2O.C17H16N2O/c1-11-6-5-9-15-16(11)19-17(20(15)10-12(2)21)13-7-3-4-8-14(13)18;1-3-11-19-14-9-6-7-12(2)16(14)18-17(19)13-8-4-5-10-15(13)20/h3-9,12,21H,10H2,1-2H3;3-11,20H,1-2H3. The van der Waals surface area contributed by atoms with Crippen LogP contribution in [0.25, 0.3) is 51.0 Å². The van der Waals surface area contributed by atoms with E-state index in [2.05, 4.69) is 0 Å². The zero-order valence-corrected chi connectivity index (χ0v) is 24.3. The Kier molecular flexibility index (Phi) is 8.24. The second-order valence-electron chi connectivity index (χ2n) is 10.1. The van der Waals surface area contributed by atoms with Gasteiger partial charge in [0.25, 0.3) is 0 Å². The first-order valence-corrected chi connectivity index (χ1v) is 14.0. The molecule has 41 heavy (non-hydrogen) atoms. The Labute approximate surface area is 244 Å². The zero-order valence-electron chi connectivity index (χ0n) is 23.6. The minimum Gasteiger partial charge on any atom is -0.507 e. The predicted molar refractivity (Wildman–Crippen MR) is 169 cm³/mol. The van der Waals surface area contributed by atoms with E-state index >= 15 is 0 Å². The summed E-state index contributed by atoms with van der Waals surface area (Å²) in [5, 5.41) is 20.5. The van der Waals surface area contributed by atoms with Crippen LogP contribution in [0.3, 0.4) is 0 Å². The lowest BCUT2D eigenvalue weighted by molar-refractivity contribution is 0.175. The molecule has 0 aliphatic heterocycles. The number of fused-ring (bicyclic) bond motifs is 2. The number of hydrogen-bond acceptors (Lipinski definition) is 4. The summed E-state index contributed by atoms with van der Waals surface area (Å²) in [6.45, 7) is 8.32. The Morgan fingerprint density at radius 3 is 2.00 bits per heavy atom. The first-order valence-electron chi connectivity index (χ1n) is 13.6. The van der Waals surface area contributed by atoms with Crippen molar-refractivity contribution in [2.24, 2.45) is 0 Å². The average molecular weight is 565 g/mol. The van der Waals surface area contributed by atoms with E-state index in [9.17, 15) is 10.2 Å². The van der Waals surface area contributed by atoms with Gasteiger partial charge in [-0.2, -0.15) is 0 Å². The molecule has 7 heteroatoms. The molecule has 0 saturated carbocycles. The molecule has 0 aliphatic rings. The number of imidazole rings is 2. The van der Waals surface area contributed by atoms with Crippen molar-refractivity contribution in [1.29, 1.82) is 0 Å². The molecule has 0 saturated heterocycles. The maximum absolute atomic E-state index is 10.1. The van der Waals surface area contributed by atoms with E-state index < -0.39 is 6.10 Å². The lowest BCUT2D eigenvalue weighted by atomic mass is 10.2. The number of benzene rings is 4. The number of aliphatic hydroxyl groups is 1. The van der Waals surface area contributed by atoms with E-state index in [4.69, 9.17) is 21.6 Å². The molecular formula is C34H33ClN4O2. The number of halogens is 1. The number of aromatic hydroxyl groups is 1. The van der Waals surface area contributed by atoms with Crippen molar-refractivity contribution < 1.29 is 10.2 Å². The number of phenolic OH excluding ortho intramolecular Hbond substituents is 1. The molecular weight excluding hydrogens is 532 g/mol. The average Bonchev–Trinajstić information content (AvgIpc) is 3.50. The summed E-state index contributed by atoms with van der Waals surface area (Å²) in [7, 11) is 0. The summed E-state index contributed by atoms with van der Waals surface area (Å²) in [5.41, 5.74) is 7.84. The first-order chi connectivity index (χ1) is 19.8. The van der Waals surface area contributed by atoms with E-state index in [1.807, 2.05) is 121 Å². The van der Waals surface area contributed by atoms with Gasteiger partial charge >= 0.3 is 0 Å². The van der Waals surface area contributed by atoms with Gasteiger partial charge < -0.3 is 14.8 Å². The highest BCUT2D eigenvalue weighted by Crippen LogP contribution is 2.33. The van der Waals surface area contributed by atoms with E-state index in [1.54, 1.807) is 13.0 Å². The third kappa shape index (κ3) is 5.62. The second kappa shape index (κ2) is 12.0. The maximum atomic E-state index is 10.1. The number of aromatic nitrogens is 4. The molecule has 2 heterocycles. The number of rotatable bonds is 5. The number of allylic oxidation sites excluding steroid dienone is 1. The van der Waals surface area contributed by atoms with E-state index in [0.29, 0.717) is 11.6 Å². The lowest BCUT2D eigenvalue weighted by Crippen LogP contribution is -2.12. The highest BCUT2D eigenvalue weighted by atomic mass is 35.5. The van der Waals surface area contributed by atoms with Gasteiger partial charge in [-0.25, -0.2) is 9.97 Å². The van der Waals surface area contributed by atoms with Gasteiger partial charge in [-0.3, -0.25) is 4.57 Å². The van der Waals surface area contributed by atoms with Crippen LogP contribution in [0.5, 0.6) is 5.75 Å². The quantitative estimate of drug-likeness (QED) is 0.221. The highest BCUT2D eigenvalue weighted by Gasteiger charge is 2.17. The fourth-order valence-corrected chi connectivity index (χ4v) is 5.21. The fourth-order valence-electron chi connectivity index (χ4n) is 4.99. The maximum Gasteiger partial charge on any atom is 0.148 e. The van der Waals surface area contributed by atoms with Crippen LogP contribution in [-0.4, -0.2) is 35.4 Å². The predicted octanol–water partition coefficient (Wildman–Crippen LogP) is 8.25. The monoisotopic (exact) mass is 564 g/mol. The van der Waals surface area contributed by atoms with Gasteiger partial charge in [0.05, 0.1) is 45.3 Å². The Balaban J connectivity index is 0.000000165. The van der Waals surface area contributed by atoms with Crippen LogP contribution in [0.15, 0.2) is 91.0 Å². The van der Waals surface area contributed by atoms with Crippen molar-refractivity contribution in [3.05, 3.63) is 107 Å². The number of aliphatic hydroxyl groups excluding tert-OH is 1. The summed E-state index contributed by atoms with van der Waals surface area (Å²) in [5.74, 6) is 1.79. The molecule has 0 bridgehead atoms. The topological polar surface area (TPSA) is 76.1 Å². The van der Waals surface area contributed by atoms with Crippen molar-refractivity contribution in [2.45, 2.75) is 40.3 Å². The largest absolute Gasteiger partial charge is 0.507 e. The van der Waals surface area contributed by atoms with Crippen molar-refractivity contribution in [1.82, 2.24) is 19.1 Å². The molecule has 6 nitrogen and oxygen atoms in total. The van der Waals surface area contributed by atoms with Gasteiger partial charge in [-0.1, -0.05) is 66.2 Å². The summed E-state index contributed by atoms with van der Waals surface area (Å²) in [4.78, 5) is 9.48. The Morgan fingerprint density at radius 1 is 0.780 bits per heavy atom. The molecule has 2 N–H and O–H groups in total. The molecule has 2 aromatic heterocycles. The minimum atomic E-state index is -0.454. The molecule has 0 fully saturated rings. The summed E-state index contributed by atoms with van der Waals surface area (Å²) in [6, 6.07) is 27.1. The van der Waals surface area contributed by atoms with Crippen molar-refractivity contribution in [3.63, 3.8) is 0 Å². The van der Waals surface area contributed by atoms with Gasteiger partial charge in [0, 0.05) is 11.8 Å². The molecule has 6 rings (SSSR count). The van der Waals surface area contributed by atoms with E-state index in [-0.39, 0.29) is 5.75 Å². The first kappa shape index (κ1) is 28.1. The normalized spacial score (nSPS) is 12.1. The van der Waals surface area contributed by atoms with Crippen LogP contribution < -0.4 is 0 Å². The van der Waals surface area contributed by atoms with E-state index in [1.165, 1.54) is 0 Å². The van der Waals surface area contributed by atoms with Gasteiger partial charge in [-0.05, 0) is 75.2 Å². The number of para-hydroxylation sites is 3. The third-order valence-electron chi connectivity index (χ3n) is 6.91. The van der Waals surface area contributed by atoms with Crippen LogP contribution in [0.1, 0.15) is 25.0 Å². The van der Waals surface area contributed by atoms with Gasteiger partial charge in [0.15, 0.2) is 0 Å². The van der Waals surface area contributed by atoms with Crippen LogP contribution in [0.2, 0.25) is 5.02 Å². The van der Waals surface area contributed by atoms with Crippen LogP contribution in [0.4, 0.5) is 0 Å². The molecule has 0 aliphatic carbocycles. The third-order valence-corrected chi connectivity index (χ3v) is 7.24. The number of phenols is 1. The van der Waals surface area contributed by atoms with Crippen molar-refractivity contribution in [3.8, 4) is 28.5 Å². The lowest BCUT2D eigenvalue weighted by Gasteiger charge is -2.12. The van der Waals surface area contributed by atoms with Crippen LogP contribution in [-0.2, 0) is 6.54 Å².